The zero-order valence-electron chi connectivity index (χ0n) is 18.9. The van der Waals surface area contributed by atoms with Crippen molar-refractivity contribution in [2.75, 3.05) is 13.7 Å². The molecule has 2 aromatic carbocycles. The maximum atomic E-state index is 13.2. The average Bonchev–Trinajstić information content (AvgIpc) is 2.78. The van der Waals surface area contributed by atoms with Gasteiger partial charge in [0, 0.05) is 17.6 Å². The van der Waals surface area contributed by atoms with Crippen LogP contribution < -0.4 is 14.8 Å². The highest BCUT2D eigenvalue weighted by Gasteiger charge is 2.29. The van der Waals surface area contributed by atoms with E-state index in [-0.39, 0.29) is 31.0 Å². The van der Waals surface area contributed by atoms with Gasteiger partial charge < -0.3 is 19.7 Å². The van der Waals surface area contributed by atoms with Crippen molar-refractivity contribution in [1.29, 1.82) is 0 Å². The molecule has 0 aliphatic carbocycles. The van der Waals surface area contributed by atoms with Gasteiger partial charge in [-0.2, -0.15) is 0 Å². The van der Waals surface area contributed by atoms with Gasteiger partial charge >= 0.3 is 0 Å². The van der Waals surface area contributed by atoms with Crippen LogP contribution in [0.3, 0.4) is 0 Å². The topological polar surface area (TPSA) is 67.9 Å². The zero-order chi connectivity index (χ0) is 23.7. The van der Waals surface area contributed by atoms with E-state index in [1.54, 1.807) is 25.3 Å². The summed E-state index contributed by atoms with van der Waals surface area (Å²) in [6.45, 7) is 5.78. The Morgan fingerprint density at radius 3 is 2.47 bits per heavy atom. The Morgan fingerprint density at radius 2 is 1.84 bits per heavy atom. The first-order chi connectivity index (χ1) is 15.3. The maximum Gasteiger partial charge on any atom is 0.261 e. The Morgan fingerprint density at radius 1 is 1.09 bits per heavy atom. The van der Waals surface area contributed by atoms with Gasteiger partial charge in [0.25, 0.3) is 5.91 Å². The number of methoxy groups -OCH3 is 1. The fraction of sp³-hybridized carbons (Fsp3) is 0.417. The minimum Gasteiger partial charge on any atom is -0.497 e. The van der Waals surface area contributed by atoms with Gasteiger partial charge in [-0.25, -0.2) is 0 Å². The summed E-state index contributed by atoms with van der Waals surface area (Å²) in [6, 6.07) is 11.6. The van der Waals surface area contributed by atoms with E-state index in [2.05, 4.69) is 5.32 Å². The molecule has 0 aliphatic rings. The molecular weight excluding hydrogens is 451 g/mol. The molecule has 0 saturated heterocycles. The minimum absolute atomic E-state index is 0.00875. The molecular formula is C24H30Cl2N2O4. The lowest BCUT2D eigenvalue weighted by Gasteiger charge is -2.31. The molecule has 0 heterocycles. The molecule has 0 saturated carbocycles. The van der Waals surface area contributed by atoms with E-state index < -0.39 is 6.04 Å². The quantitative estimate of drug-likeness (QED) is 0.485. The first-order valence-electron chi connectivity index (χ1n) is 10.6. The standard InChI is InChI=1S/C24H30Cl2N2O4/c1-5-16(3)27-24(30)21(6-2)28(14-17-8-7-9-19(12-17)31-4)23(29)15-32-22-11-10-18(25)13-20(22)26/h7-13,16,21H,5-6,14-15H2,1-4H3,(H,27,30)/t16-,21-/m1/s1. The Labute approximate surface area is 199 Å². The molecule has 2 atom stereocenters. The van der Waals surface area contributed by atoms with Crippen LogP contribution in [-0.2, 0) is 16.1 Å². The van der Waals surface area contributed by atoms with Crippen molar-refractivity contribution in [3.05, 3.63) is 58.1 Å². The van der Waals surface area contributed by atoms with Crippen molar-refractivity contribution in [3.8, 4) is 11.5 Å². The van der Waals surface area contributed by atoms with Crippen LogP contribution >= 0.6 is 23.2 Å². The van der Waals surface area contributed by atoms with Crippen molar-refractivity contribution >= 4 is 35.0 Å². The second-order valence-corrected chi connectivity index (χ2v) is 8.32. The number of nitrogens with zero attached hydrogens (tertiary/aromatic N) is 1. The monoisotopic (exact) mass is 480 g/mol. The van der Waals surface area contributed by atoms with Gasteiger partial charge in [0.05, 0.1) is 12.1 Å². The number of nitrogens with one attached hydrogen (secondary N) is 1. The van der Waals surface area contributed by atoms with Crippen LogP contribution in [0.5, 0.6) is 11.5 Å². The summed E-state index contributed by atoms with van der Waals surface area (Å²) in [7, 11) is 1.58. The van der Waals surface area contributed by atoms with Crippen LogP contribution in [0, 0.1) is 0 Å². The lowest BCUT2D eigenvalue weighted by atomic mass is 10.1. The molecule has 0 aliphatic heterocycles. The second-order valence-electron chi connectivity index (χ2n) is 7.48. The van der Waals surface area contributed by atoms with Crippen LogP contribution in [0.15, 0.2) is 42.5 Å². The number of hydrogen-bond acceptors (Lipinski definition) is 4. The van der Waals surface area contributed by atoms with Crippen molar-refractivity contribution in [3.63, 3.8) is 0 Å². The Balaban J connectivity index is 2.25. The SMILES string of the molecule is CC[C@@H](C)NC(=O)[C@@H](CC)N(Cc1cccc(OC)c1)C(=O)COc1ccc(Cl)cc1Cl. The summed E-state index contributed by atoms with van der Waals surface area (Å²) in [6.07, 6.45) is 1.25. The van der Waals surface area contributed by atoms with E-state index in [9.17, 15) is 9.59 Å². The largest absolute Gasteiger partial charge is 0.497 e. The third-order valence-corrected chi connectivity index (χ3v) is 5.65. The van der Waals surface area contributed by atoms with Crippen molar-refractivity contribution in [2.45, 2.75) is 52.2 Å². The molecule has 0 spiro atoms. The normalized spacial score (nSPS) is 12.6. The van der Waals surface area contributed by atoms with Crippen LogP contribution in [0.4, 0.5) is 0 Å². The number of amides is 2. The van der Waals surface area contributed by atoms with E-state index in [0.29, 0.717) is 28.0 Å². The highest BCUT2D eigenvalue weighted by molar-refractivity contribution is 6.35. The number of benzene rings is 2. The highest BCUT2D eigenvalue weighted by Crippen LogP contribution is 2.27. The van der Waals surface area contributed by atoms with Gasteiger partial charge in [-0.3, -0.25) is 9.59 Å². The first-order valence-corrected chi connectivity index (χ1v) is 11.3. The van der Waals surface area contributed by atoms with Gasteiger partial charge in [-0.05, 0) is 55.7 Å². The maximum absolute atomic E-state index is 13.2. The summed E-state index contributed by atoms with van der Waals surface area (Å²) in [5.74, 6) is 0.506. The summed E-state index contributed by atoms with van der Waals surface area (Å²) in [5, 5.41) is 3.76. The van der Waals surface area contributed by atoms with E-state index >= 15 is 0 Å². The van der Waals surface area contributed by atoms with Crippen molar-refractivity contribution in [1.82, 2.24) is 10.2 Å². The number of ether oxygens (including phenoxy) is 2. The fourth-order valence-electron chi connectivity index (χ4n) is 3.14. The molecule has 8 heteroatoms. The number of carbonyl (C=O) groups excluding carboxylic acids is 2. The zero-order valence-corrected chi connectivity index (χ0v) is 20.4. The third kappa shape index (κ3) is 7.31. The van der Waals surface area contributed by atoms with E-state index in [0.717, 1.165) is 12.0 Å². The molecule has 0 unspecified atom stereocenters. The minimum atomic E-state index is -0.646. The molecule has 0 bridgehead atoms. The predicted octanol–water partition coefficient (Wildman–Crippen LogP) is 5.10. The lowest BCUT2D eigenvalue weighted by molar-refractivity contribution is -0.143. The molecule has 2 rings (SSSR count). The van der Waals surface area contributed by atoms with Crippen molar-refractivity contribution < 1.29 is 19.1 Å². The van der Waals surface area contributed by atoms with Crippen LogP contribution in [0.2, 0.25) is 10.0 Å². The number of rotatable bonds is 11. The number of halogens is 2. The van der Waals surface area contributed by atoms with Gasteiger partial charge in [-0.15, -0.1) is 0 Å². The Bertz CT molecular complexity index is 923. The molecule has 0 fully saturated rings. The van der Waals surface area contributed by atoms with Gasteiger partial charge in [0.1, 0.15) is 17.5 Å². The summed E-state index contributed by atoms with van der Waals surface area (Å²) in [4.78, 5) is 27.7. The summed E-state index contributed by atoms with van der Waals surface area (Å²) < 4.78 is 10.9. The van der Waals surface area contributed by atoms with E-state index in [1.165, 1.54) is 4.90 Å². The van der Waals surface area contributed by atoms with E-state index in [1.807, 2.05) is 45.0 Å². The molecule has 0 radical (unpaired) electrons. The highest BCUT2D eigenvalue weighted by atomic mass is 35.5. The molecule has 32 heavy (non-hydrogen) atoms. The molecule has 1 N–H and O–H groups in total. The van der Waals surface area contributed by atoms with Crippen LogP contribution in [0.25, 0.3) is 0 Å². The first kappa shape index (κ1) is 25.8. The summed E-state index contributed by atoms with van der Waals surface area (Å²) >= 11 is 12.1. The average molecular weight is 481 g/mol. The van der Waals surface area contributed by atoms with E-state index in [4.69, 9.17) is 32.7 Å². The second kappa shape index (κ2) is 12.6. The van der Waals surface area contributed by atoms with Gasteiger partial charge in [-0.1, -0.05) is 49.2 Å². The van der Waals surface area contributed by atoms with Gasteiger partial charge in [0.2, 0.25) is 5.91 Å². The molecule has 6 nitrogen and oxygen atoms in total. The molecule has 0 aromatic heterocycles. The van der Waals surface area contributed by atoms with Crippen LogP contribution in [0.1, 0.15) is 39.2 Å². The Hall–Kier alpha value is -2.44. The molecule has 174 valence electrons. The third-order valence-electron chi connectivity index (χ3n) is 5.12. The lowest BCUT2D eigenvalue weighted by Crippen LogP contribution is -2.51. The Kier molecular flexibility index (Phi) is 10.1. The smallest absolute Gasteiger partial charge is 0.261 e. The number of hydrogen-bond donors (Lipinski definition) is 1. The van der Waals surface area contributed by atoms with Crippen molar-refractivity contribution in [2.24, 2.45) is 0 Å². The molecule has 2 amide bonds. The van der Waals surface area contributed by atoms with Gasteiger partial charge in [0.15, 0.2) is 6.61 Å². The van der Waals surface area contributed by atoms with Crippen LogP contribution in [-0.4, -0.2) is 42.5 Å². The fourth-order valence-corrected chi connectivity index (χ4v) is 3.61. The molecule has 2 aromatic rings. The summed E-state index contributed by atoms with van der Waals surface area (Å²) in [5.41, 5.74) is 0.844. The number of carbonyl (C=O) groups is 2. The predicted molar refractivity (Wildman–Crippen MR) is 127 cm³/mol.